The summed E-state index contributed by atoms with van der Waals surface area (Å²) in [5, 5.41) is 4.67. The van der Waals surface area contributed by atoms with Gasteiger partial charge in [0.15, 0.2) is 0 Å². The molecule has 1 aliphatic heterocycles. The molecule has 0 aliphatic carbocycles. The van der Waals surface area contributed by atoms with Crippen molar-refractivity contribution >= 4 is 11.3 Å². The van der Waals surface area contributed by atoms with Crippen molar-refractivity contribution in [2.75, 3.05) is 26.2 Å². The van der Waals surface area contributed by atoms with Crippen LogP contribution in [0.2, 0.25) is 0 Å². The van der Waals surface area contributed by atoms with Crippen LogP contribution in [-0.4, -0.2) is 36.1 Å². The van der Waals surface area contributed by atoms with Gasteiger partial charge in [0.25, 0.3) is 0 Å². The highest BCUT2D eigenvalue weighted by molar-refractivity contribution is 7.11. The second-order valence-electron chi connectivity index (χ2n) is 4.37. The first-order valence-corrected chi connectivity index (χ1v) is 6.95. The van der Waals surface area contributed by atoms with Gasteiger partial charge in [0.05, 0.1) is 10.7 Å². The summed E-state index contributed by atoms with van der Waals surface area (Å²) in [7, 11) is 0. The summed E-state index contributed by atoms with van der Waals surface area (Å²) in [6.45, 7) is 11.2. The zero-order chi connectivity index (χ0) is 11.5. The molecule has 1 aromatic heterocycles. The molecule has 1 unspecified atom stereocenters. The Kier molecular flexibility index (Phi) is 3.95. The van der Waals surface area contributed by atoms with Crippen LogP contribution in [0.15, 0.2) is 0 Å². The molecule has 90 valence electrons. The fraction of sp³-hybridized carbons (Fsp3) is 0.750. The van der Waals surface area contributed by atoms with E-state index >= 15 is 0 Å². The standard InChI is InChI=1S/C12H21N3S/c1-4-11-14-9(2)12(16-11)10(3)15-7-5-13-6-8-15/h10,13H,4-8H2,1-3H3. The molecule has 0 bridgehead atoms. The van der Waals surface area contributed by atoms with Gasteiger partial charge < -0.3 is 5.32 Å². The Balaban J connectivity index is 2.12. The van der Waals surface area contributed by atoms with Crippen molar-refractivity contribution in [2.24, 2.45) is 0 Å². The van der Waals surface area contributed by atoms with Crippen LogP contribution >= 0.6 is 11.3 Å². The Bertz CT molecular complexity index is 342. The second-order valence-corrected chi connectivity index (χ2v) is 5.49. The minimum Gasteiger partial charge on any atom is -0.314 e. The van der Waals surface area contributed by atoms with Gasteiger partial charge in [-0.1, -0.05) is 6.92 Å². The predicted molar refractivity (Wildman–Crippen MR) is 69.1 cm³/mol. The molecule has 2 heterocycles. The first-order chi connectivity index (χ1) is 7.72. The summed E-state index contributed by atoms with van der Waals surface area (Å²) >= 11 is 1.89. The molecule has 16 heavy (non-hydrogen) atoms. The fourth-order valence-corrected chi connectivity index (χ4v) is 3.33. The SMILES string of the molecule is CCc1nc(C)c(C(C)N2CCNCC2)s1. The van der Waals surface area contributed by atoms with Gasteiger partial charge >= 0.3 is 0 Å². The molecule has 3 nitrogen and oxygen atoms in total. The number of piperazine rings is 1. The summed E-state index contributed by atoms with van der Waals surface area (Å²) in [5.74, 6) is 0. The highest BCUT2D eigenvalue weighted by Crippen LogP contribution is 2.29. The van der Waals surface area contributed by atoms with Gasteiger partial charge in [0, 0.05) is 37.1 Å². The van der Waals surface area contributed by atoms with Crippen molar-refractivity contribution in [3.63, 3.8) is 0 Å². The van der Waals surface area contributed by atoms with Gasteiger partial charge in [-0.2, -0.15) is 0 Å². The lowest BCUT2D eigenvalue weighted by molar-refractivity contribution is 0.187. The van der Waals surface area contributed by atoms with Crippen molar-refractivity contribution in [1.82, 2.24) is 15.2 Å². The minimum atomic E-state index is 0.528. The van der Waals surface area contributed by atoms with Crippen molar-refractivity contribution in [2.45, 2.75) is 33.2 Å². The Morgan fingerprint density at radius 1 is 1.44 bits per heavy atom. The van der Waals surface area contributed by atoms with E-state index in [-0.39, 0.29) is 0 Å². The number of aryl methyl sites for hydroxylation is 2. The van der Waals surface area contributed by atoms with Gasteiger partial charge in [0.1, 0.15) is 0 Å². The average molecular weight is 239 g/mol. The van der Waals surface area contributed by atoms with Crippen LogP contribution in [0, 0.1) is 6.92 Å². The molecule has 1 saturated heterocycles. The van der Waals surface area contributed by atoms with Gasteiger partial charge in [-0.3, -0.25) is 4.90 Å². The van der Waals surface area contributed by atoms with Crippen molar-refractivity contribution in [1.29, 1.82) is 0 Å². The summed E-state index contributed by atoms with van der Waals surface area (Å²) in [6, 6.07) is 0.528. The number of rotatable bonds is 3. The van der Waals surface area contributed by atoms with Gasteiger partial charge in [-0.05, 0) is 20.3 Å². The van der Waals surface area contributed by atoms with E-state index in [1.54, 1.807) is 0 Å². The van der Waals surface area contributed by atoms with Crippen LogP contribution in [-0.2, 0) is 6.42 Å². The molecule has 0 radical (unpaired) electrons. The normalized spacial score (nSPS) is 19.9. The summed E-state index contributed by atoms with van der Waals surface area (Å²) in [4.78, 5) is 8.63. The third-order valence-electron chi connectivity index (χ3n) is 3.26. The number of hydrogen-bond donors (Lipinski definition) is 1. The lowest BCUT2D eigenvalue weighted by atomic mass is 10.2. The zero-order valence-corrected chi connectivity index (χ0v) is 11.2. The minimum absolute atomic E-state index is 0.528. The zero-order valence-electron chi connectivity index (χ0n) is 10.4. The number of nitrogens with zero attached hydrogens (tertiary/aromatic N) is 2. The van der Waals surface area contributed by atoms with Crippen molar-refractivity contribution in [3.8, 4) is 0 Å². The van der Waals surface area contributed by atoms with Gasteiger partial charge in [-0.25, -0.2) is 4.98 Å². The quantitative estimate of drug-likeness (QED) is 0.874. The van der Waals surface area contributed by atoms with E-state index < -0.39 is 0 Å². The van der Waals surface area contributed by atoms with Crippen molar-refractivity contribution in [3.05, 3.63) is 15.6 Å². The van der Waals surface area contributed by atoms with E-state index in [9.17, 15) is 0 Å². The van der Waals surface area contributed by atoms with Gasteiger partial charge in [0.2, 0.25) is 0 Å². The van der Waals surface area contributed by atoms with Crippen LogP contribution in [0.25, 0.3) is 0 Å². The van der Waals surface area contributed by atoms with Crippen LogP contribution < -0.4 is 5.32 Å². The van der Waals surface area contributed by atoms with Crippen LogP contribution in [0.5, 0.6) is 0 Å². The first-order valence-electron chi connectivity index (χ1n) is 6.13. The maximum Gasteiger partial charge on any atom is 0.0928 e. The van der Waals surface area contributed by atoms with Crippen molar-refractivity contribution < 1.29 is 0 Å². The molecule has 4 heteroatoms. The topological polar surface area (TPSA) is 28.2 Å². The molecular formula is C12H21N3S. The van der Waals surface area contributed by atoms with E-state index in [4.69, 9.17) is 0 Å². The molecular weight excluding hydrogens is 218 g/mol. The van der Waals surface area contributed by atoms with E-state index in [1.807, 2.05) is 11.3 Å². The summed E-state index contributed by atoms with van der Waals surface area (Å²) in [6.07, 6.45) is 1.06. The lowest BCUT2D eigenvalue weighted by Crippen LogP contribution is -2.44. The van der Waals surface area contributed by atoms with Crippen LogP contribution in [0.1, 0.15) is 35.5 Å². The maximum absolute atomic E-state index is 4.62. The highest BCUT2D eigenvalue weighted by Gasteiger charge is 2.21. The number of nitrogens with one attached hydrogen (secondary N) is 1. The fourth-order valence-electron chi connectivity index (χ4n) is 2.24. The average Bonchev–Trinajstić information content (AvgIpc) is 2.71. The molecule has 1 aromatic rings. The summed E-state index contributed by atoms with van der Waals surface area (Å²) < 4.78 is 0. The molecule has 0 aromatic carbocycles. The molecule has 1 fully saturated rings. The first kappa shape index (κ1) is 12.0. The number of hydrogen-bond acceptors (Lipinski definition) is 4. The highest BCUT2D eigenvalue weighted by atomic mass is 32.1. The molecule has 1 N–H and O–H groups in total. The van der Waals surface area contributed by atoms with Crippen LogP contribution in [0.4, 0.5) is 0 Å². The molecule has 0 amide bonds. The molecule has 0 spiro atoms. The lowest BCUT2D eigenvalue weighted by Gasteiger charge is -2.32. The number of thiazole rings is 1. The maximum atomic E-state index is 4.62. The Morgan fingerprint density at radius 3 is 2.69 bits per heavy atom. The van der Waals surface area contributed by atoms with Crippen LogP contribution in [0.3, 0.4) is 0 Å². The van der Waals surface area contributed by atoms with E-state index in [1.165, 1.54) is 15.6 Å². The second kappa shape index (κ2) is 5.25. The third kappa shape index (κ3) is 2.44. The molecule has 2 rings (SSSR count). The summed E-state index contributed by atoms with van der Waals surface area (Å²) in [5.41, 5.74) is 1.23. The monoisotopic (exact) mass is 239 g/mol. The van der Waals surface area contributed by atoms with E-state index in [2.05, 4.69) is 36.0 Å². The number of aromatic nitrogens is 1. The van der Waals surface area contributed by atoms with E-state index in [0.717, 1.165) is 32.6 Å². The predicted octanol–water partition coefficient (Wildman–Crippen LogP) is 1.98. The molecule has 1 aliphatic rings. The molecule has 1 atom stereocenters. The third-order valence-corrected chi connectivity index (χ3v) is 4.73. The Labute approximate surface area is 102 Å². The van der Waals surface area contributed by atoms with E-state index in [0.29, 0.717) is 6.04 Å². The molecule has 0 saturated carbocycles. The largest absolute Gasteiger partial charge is 0.314 e. The smallest absolute Gasteiger partial charge is 0.0928 e. The van der Waals surface area contributed by atoms with Gasteiger partial charge in [-0.15, -0.1) is 11.3 Å². The Morgan fingerprint density at radius 2 is 2.12 bits per heavy atom. The Hall–Kier alpha value is -0.450.